The highest BCUT2D eigenvalue weighted by Crippen LogP contribution is 2.37. The number of rotatable bonds is 8. The van der Waals surface area contributed by atoms with Gasteiger partial charge in [0, 0.05) is 20.2 Å². The predicted octanol–water partition coefficient (Wildman–Crippen LogP) is 2.38. The highest BCUT2D eigenvalue weighted by molar-refractivity contribution is 5.98. The first kappa shape index (κ1) is 23.2. The van der Waals surface area contributed by atoms with E-state index in [2.05, 4.69) is 30.9 Å². The Bertz CT molecular complexity index is 1350. The Labute approximate surface area is 199 Å². The lowest BCUT2D eigenvalue weighted by molar-refractivity contribution is 0.0995. The number of amides is 3. The number of benzene rings is 1. The van der Waals surface area contributed by atoms with Crippen LogP contribution in [-0.2, 0) is 13.6 Å². The van der Waals surface area contributed by atoms with Gasteiger partial charge in [-0.25, -0.2) is 9.78 Å². The van der Waals surface area contributed by atoms with Crippen LogP contribution >= 0.6 is 0 Å². The molecule has 0 atom stereocenters. The Morgan fingerprint density at radius 3 is 2.69 bits per heavy atom. The summed E-state index contributed by atoms with van der Waals surface area (Å²) in [4.78, 5) is 30.3. The van der Waals surface area contributed by atoms with Gasteiger partial charge in [0.25, 0.3) is 5.91 Å². The van der Waals surface area contributed by atoms with Crippen LogP contribution in [-0.4, -0.2) is 56.0 Å². The van der Waals surface area contributed by atoms with Crippen molar-refractivity contribution in [1.82, 2.24) is 29.9 Å². The zero-order valence-electron chi connectivity index (χ0n) is 19.2. The fourth-order valence-corrected chi connectivity index (χ4v) is 3.28. The molecule has 4 N–H and O–H groups in total. The lowest BCUT2D eigenvalue weighted by atomic mass is 10.1. The summed E-state index contributed by atoms with van der Waals surface area (Å²) in [7, 11) is 4.87. The maximum atomic E-state index is 12.6. The molecule has 0 spiro atoms. The van der Waals surface area contributed by atoms with Crippen LogP contribution in [0, 0.1) is 0 Å². The smallest absolute Gasteiger partial charge is 0.323 e. The summed E-state index contributed by atoms with van der Waals surface area (Å²) in [5, 5.41) is 17.9. The molecule has 4 aromatic rings. The van der Waals surface area contributed by atoms with E-state index in [-0.39, 0.29) is 23.7 Å². The molecular formula is C22H23N9O4. The average Bonchev–Trinajstić information content (AvgIpc) is 3.50. The van der Waals surface area contributed by atoms with E-state index in [0.717, 1.165) is 0 Å². The molecule has 3 amide bonds. The quantitative estimate of drug-likeness (QED) is 0.345. The number of urea groups is 1. The summed E-state index contributed by atoms with van der Waals surface area (Å²) in [5.74, 6) is 0.831. The van der Waals surface area contributed by atoms with E-state index in [9.17, 15) is 9.59 Å². The molecule has 0 bridgehead atoms. The molecule has 0 saturated carbocycles. The summed E-state index contributed by atoms with van der Waals surface area (Å²) in [6.07, 6.45) is 3.10. The summed E-state index contributed by atoms with van der Waals surface area (Å²) in [6, 6.07) is 9.83. The van der Waals surface area contributed by atoms with Crippen LogP contribution in [0.1, 0.15) is 16.2 Å². The molecule has 0 fully saturated rings. The number of hydrogen-bond acceptors (Lipinski definition) is 9. The molecule has 13 heteroatoms. The molecule has 1 aromatic carbocycles. The SMILES string of the molecule is COc1c(Nc2cc(NC(=O)N(C)Cc3ccco3)nnc2C(N)=O)cccc1-c1ncn(C)n1. The van der Waals surface area contributed by atoms with Crippen molar-refractivity contribution in [3.05, 3.63) is 60.4 Å². The lowest BCUT2D eigenvalue weighted by Crippen LogP contribution is -2.31. The monoisotopic (exact) mass is 477 g/mol. The zero-order chi connectivity index (χ0) is 24.9. The van der Waals surface area contributed by atoms with Crippen molar-refractivity contribution in [2.45, 2.75) is 6.54 Å². The van der Waals surface area contributed by atoms with Crippen LogP contribution in [0.4, 0.5) is 22.0 Å². The molecule has 0 radical (unpaired) electrons. The van der Waals surface area contributed by atoms with E-state index >= 15 is 0 Å². The molecular weight excluding hydrogens is 454 g/mol. The number of para-hydroxylation sites is 1. The predicted molar refractivity (Wildman–Crippen MR) is 126 cm³/mol. The van der Waals surface area contributed by atoms with E-state index in [4.69, 9.17) is 14.9 Å². The van der Waals surface area contributed by atoms with Gasteiger partial charge >= 0.3 is 6.03 Å². The number of nitrogens with one attached hydrogen (secondary N) is 2. The minimum absolute atomic E-state index is 0.107. The molecule has 35 heavy (non-hydrogen) atoms. The van der Waals surface area contributed by atoms with Gasteiger partial charge in [-0.3, -0.25) is 14.8 Å². The summed E-state index contributed by atoms with van der Waals surface area (Å²) in [5.41, 5.74) is 6.74. The fraction of sp³-hybridized carbons (Fsp3) is 0.182. The third-order valence-corrected chi connectivity index (χ3v) is 4.91. The number of aryl methyl sites for hydroxylation is 1. The second-order valence-corrected chi connectivity index (χ2v) is 7.47. The van der Waals surface area contributed by atoms with Crippen molar-refractivity contribution in [3.63, 3.8) is 0 Å². The topological polar surface area (TPSA) is 166 Å². The Hall–Kier alpha value is -4.94. The number of furan rings is 1. The number of nitrogens with zero attached hydrogens (tertiary/aromatic N) is 6. The van der Waals surface area contributed by atoms with E-state index < -0.39 is 11.9 Å². The van der Waals surface area contributed by atoms with Gasteiger partial charge < -0.3 is 25.1 Å². The molecule has 3 heterocycles. The summed E-state index contributed by atoms with van der Waals surface area (Å²) >= 11 is 0. The number of carbonyl (C=O) groups excluding carboxylic acids is 2. The van der Waals surface area contributed by atoms with Gasteiger partial charge in [0.15, 0.2) is 23.1 Å². The van der Waals surface area contributed by atoms with Crippen LogP contribution in [0.3, 0.4) is 0 Å². The Morgan fingerprint density at radius 1 is 1.20 bits per heavy atom. The van der Waals surface area contributed by atoms with Gasteiger partial charge in [-0.05, 0) is 24.3 Å². The van der Waals surface area contributed by atoms with Gasteiger partial charge in [0.2, 0.25) is 0 Å². The minimum atomic E-state index is -0.797. The van der Waals surface area contributed by atoms with E-state index in [1.165, 1.54) is 24.3 Å². The average molecular weight is 477 g/mol. The number of methoxy groups -OCH3 is 1. The molecule has 0 unspecified atom stereocenters. The molecule has 0 aliphatic rings. The Balaban J connectivity index is 1.61. The van der Waals surface area contributed by atoms with Crippen LogP contribution in [0.25, 0.3) is 11.4 Å². The largest absolute Gasteiger partial charge is 0.494 e. The third-order valence-electron chi connectivity index (χ3n) is 4.91. The van der Waals surface area contributed by atoms with Crippen molar-refractivity contribution in [2.75, 3.05) is 24.8 Å². The van der Waals surface area contributed by atoms with Crippen molar-refractivity contribution in [3.8, 4) is 17.1 Å². The fourth-order valence-electron chi connectivity index (χ4n) is 3.28. The van der Waals surface area contributed by atoms with Gasteiger partial charge in [-0.2, -0.15) is 5.10 Å². The summed E-state index contributed by atoms with van der Waals surface area (Å²) in [6.45, 7) is 0.252. The van der Waals surface area contributed by atoms with Gasteiger partial charge in [-0.15, -0.1) is 10.2 Å². The van der Waals surface area contributed by atoms with Crippen LogP contribution in [0.15, 0.2) is 53.4 Å². The van der Waals surface area contributed by atoms with Crippen molar-refractivity contribution >= 4 is 29.1 Å². The Kier molecular flexibility index (Phi) is 6.57. The first-order valence-electron chi connectivity index (χ1n) is 10.4. The van der Waals surface area contributed by atoms with Crippen LogP contribution in [0.5, 0.6) is 5.75 Å². The van der Waals surface area contributed by atoms with Crippen molar-refractivity contribution in [1.29, 1.82) is 0 Å². The van der Waals surface area contributed by atoms with Gasteiger partial charge in [-0.1, -0.05) is 6.07 Å². The lowest BCUT2D eigenvalue weighted by Gasteiger charge is -2.18. The normalized spacial score (nSPS) is 10.6. The van der Waals surface area contributed by atoms with E-state index in [1.807, 2.05) is 0 Å². The number of nitrogens with two attached hydrogens (primary N) is 1. The van der Waals surface area contributed by atoms with E-state index in [1.54, 1.807) is 55.4 Å². The first-order chi connectivity index (χ1) is 16.9. The molecule has 13 nitrogen and oxygen atoms in total. The molecule has 0 saturated heterocycles. The first-order valence-corrected chi connectivity index (χ1v) is 10.4. The van der Waals surface area contributed by atoms with Gasteiger partial charge in [0.1, 0.15) is 12.1 Å². The summed E-state index contributed by atoms with van der Waals surface area (Å²) < 4.78 is 12.4. The number of aromatic nitrogens is 5. The number of primary amides is 1. The number of ether oxygens (including phenoxy) is 1. The number of carbonyl (C=O) groups is 2. The standard InChI is InChI=1S/C22H23N9O4/c1-30(11-13-6-5-9-35-13)22(33)26-17-10-16(18(20(23)32)28-27-17)25-15-8-4-7-14(19(15)34-3)21-24-12-31(2)29-21/h4-10,12H,11H2,1-3H3,(H2,23,32)(H2,25,26,27,33). The number of anilines is 3. The second-order valence-electron chi connectivity index (χ2n) is 7.47. The Morgan fingerprint density at radius 2 is 2.03 bits per heavy atom. The maximum Gasteiger partial charge on any atom is 0.323 e. The molecule has 180 valence electrons. The molecule has 0 aliphatic carbocycles. The number of hydrogen-bond donors (Lipinski definition) is 3. The van der Waals surface area contributed by atoms with Gasteiger partial charge in [0.05, 0.1) is 36.9 Å². The molecule has 3 aromatic heterocycles. The molecule has 0 aliphatic heterocycles. The van der Waals surface area contributed by atoms with E-state index in [0.29, 0.717) is 28.6 Å². The third kappa shape index (κ3) is 5.19. The minimum Gasteiger partial charge on any atom is -0.494 e. The van der Waals surface area contributed by atoms with Crippen LogP contribution in [0.2, 0.25) is 0 Å². The van der Waals surface area contributed by atoms with Crippen molar-refractivity contribution in [2.24, 2.45) is 12.8 Å². The highest BCUT2D eigenvalue weighted by Gasteiger charge is 2.19. The van der Waals surface area contributed by atoms with Crippen molar-refractivity contribution < 1.29 is 18.7 Å². The maximum absolute atomic E-state index is 12.6. The zero-order valence-corrected chi connectivity index (χ0v) is 19.2. The molecule has 4 rings (SSSR count). The van der Waals surface area contributed by atoms with Crippen LogP contribution < -0.4 is 21.1 Å². The second kappa shape index (κ2) is 9.91. The highest BCUT2D eigenvalue weighted by atomic mass is 16.5.